The van der Waals surface area contributed by atoms with Gasteiger partial charge in [0.25, 0.3) is 0 Å². The first-order valence-corrected chi connectivity index (χ1v) is 7.14. The number of ether oxygens (including phenoxy) is 2. The summed E-state index contributed by atoms with van der Waals surface area (Å²) < 4.78 is 8.94. The van der Waals surface area contributed by atoms with Crippen molar-refractivity contribution >= 4 is 23.9 Å². The van der Waals surface area contributed by atoms with Crippen molar-refractivity contribution in [1.82, 2.24) is 0 Å². The first-order valence-electron chi connectivity index (χ1n) is 7.14. The third kappa shape index (κ3) is 126. The largest absolute Gasteiger partial charge is 0.359 e. The normalized spacial score (nSPS) is 7.33. The fourth-order valence-corrected chi connectivity index (χ4v) is 0.118. The average molecular weight is 369 g/mol. The first kappa shape index (κ1) is 31.2. The van der Waals surface area contributed by atoms with Gasteiger partial charge in [-0.2, -0.15) is 0 Å². The minimum Gasteiger partial charge on any atom is -0.359 e. The van der Waals surface area contributed by atoms with E-state index < -0.39 is 0 Å². The van der Waals surface area contributed by atoms with Gasteiger partial charge in [0, 0.05) is 38.1 Å². The van der Waals surface area contributed by atoms with Gasteiger partial charge in [-0.05, 0) is 0 Å². The standard InChI is InChI=1S/3C4H10.C3H8O2.Sn/c3*1-3-4-2;1-4-3-5-2;/h3*3-4H2,1-2H3;3H2,1-2H3;. The molecule has 0 atom stereocenters. The zero-order valence-electron chi connectivity index (χ0n) is 14.3. The molecule has 4 radical (unpaired) electrons. The average Bonchev–Trinajstić information content (AvgIpc) is 2.40. The Morgan fingerprint density at radius 3 is 0.667 bits per heavy atom. The zero-order valence-corrected chi connectivity index (χ0v) is 17.1. The summed E-state index contributed by atoms with van der Waals surface area (Å²) >= 11 is 0. The molecule has 0 N–H and O–H groups in total. The van der Waals surface area contributed by atoms with Gasteiger partial charge in [-0.25, -0.2) is 0 Å². The molecule has 18 heavy (non-hydrogen) atoms. The summed E-state index contributed by atoms with van der Waals surface area (Å²) in [6, 6.07) is 0. The van der Waals surface area contributed by atoms with E-state index in [2.05, 4.69) is 51.0 Å². The molecule has 0 amide bonds. The van der Waals surface area contributed by atoms with E-state index in [0.717, 1.165) is 0 Å². The second kappa shape index (κ2) is 52.4. The monoisotopic (exact) mass is 370 g/mol. The van der Waals surface area contributed by atoms with Crippen LogP contribution in [-0.4, -0.2) is 44.9 Å². The molecule has 0 unspecified atom stereocenters. The van der Waals surface area contributed by atoms with Crippen molar-refractivity contribution < 1.29 is 9.47 Å². The first-order chi connectivity index (χ1) is 8.16. The summed E-state index contributed by atoms with van der Waals surface area (Å²) in [4.78, 5) is 0. The molecule has 0 spiro atoms. The predicted molar refractivity (Wildman–Crippen MR) is 86.4 cm³/mol. The van der Waals surface area contributed by atoms with Crippen molar-refractivity contribution in [3.05, 3.63) is 0 Å². The van der Waals surface area contributed by atoms with Gasteiger partial charge in [0.1, 0.15) is 6.79 Å². The summed E-state index contributed by atoms with van der Waals surface area (Å²) in [6.45, 7) is 13.5. The number of unbranched alkanes of at least 4 members (excludes halogenated alkanes) is 3. The Morgan fingerprint density at radius 1 is 0.500 bits per heavy atom. The van der Waals surface area contributed by atoms with Crippen molar-refractivity contribution in [2.45, 2.75) is 80.1 Å². The minimum absolute atomic E-state index is 0. The van der Waals surface area contributed by atoms with Crippen molar-refractivity contribution in [3.8, 4) is 0 Å². The van der Waals surface area contributed by atoms with E-state index in [1.54, 1.807) is 14.2 Å². The molecule has 0 aliphatic rings. The molecular weight excluding hydrogens is 331 g/mol. The molecule has 3 heteroatoms. The fraction of sp³-hybridized carbons (Fsp3) is 1.00. The fourth-order valence-electron chi connectivity index (χ4n) is 0.118. The minimum atomic E-state index is 0. The summed E-state index contributed by atoms with van der Waals surface area (Å²) in [5.74, 6) is 0. The van der Waals surface area contributed by atoms with E-state index in [4.69, 9.17) is 0 Å². The number of methoxy groups -OCH3 is 2. The van der Waals surface area contributed by atoms with Crippen molar-refractivity contribution in [1.29, 1.82) is 0 Å². The van der Waals surface area contributed by atoms with E-state index in [1.165, 1.54) is 38.5 Å². The third-order valence-electron chi connectivity index (χ3n) is 1.74. The van der Waals surface area contributed by atoms with Gasteiger partial charge < -0.3 is 9.47 Å². The van der Waals surface area contributed by atoms with E-state index in [1.807, 2.05) is 0 Å². The van der Waals surface area contributed by atoms with Crippen molar-refractivity contribution in [2.75, 3.05) is 21.0 Å². The Bertz CT molecular complexity index is 54.0. The van der Waals surface area contributed by atoms with Gasteiger partial charge in [-0.1, -0.05) is 80.1 Å². The SMILES string of the molecule is CCCC.CCCC.CCCC.COCOC.[Sn]. The molecule has 0 aromatic rings. The number of hydrogen-bond donors (Lipinski definition) is 0. The molecule has 114 valence electrons. The Balaban J connectivity index is -0.0000000412. The van der Waals surface area contributed by atoms with Gasteiger partial charge >= 0.3 is 0 Å². The van der Waals surface area contributed by atoms with Crippen LogP contribution < -0.4 is 0 Å². The second-order valence-corrected chi connectivity index (χ2v) is 3.70. The van der Waals surface area contributed by atoms with E-state index in [9.17, 15) is 0 Å². The quantitative estimate of drug-likeness (QED) is 0.485. The topological polar surface area (TPSA) is 18.5 Å². The molecule has 0 fully saturated rings. The van der Waals surface area contributed by atoms with Gasteiger partial charge in [0.15, 0.2) is 0 Å². The second-order valence-electron chi connectivity index (χ2n) is 3.70. The smallest absolute Gasteiger partial charge is 0.145 e. The van der Waals surface area contributed by atoms with Crippen LogP contribution in [0.5, 0.6) is 0 Å². The van der Waals surface area contributed by atoms with Crippen LogP contribution in [-0.2, 0) is 9.47 Å². The van der Waals surface area contributed by atoms with Crippen LogP contribution in [0.1, 0.15) is 80.1 Å². The van der Waals surface area contributed by atoms with Crippen molar-refractivity contribution in [2.24, 2.45) is 0 Å². The Hall–Kier alpha value is 0.719. The van der Waals surface area contributed by atoms with E-state index in [0.29, 0.717) is 6.79 Å². The number of hydrogen-bond acceptors (Lipinski definition) is 2. The molecule has 0 saturated heterocycles. The van der Waals surface area contributed by atoms with Crippen LogP contribution in [0.15, 0.2) is 0 Å². The predicted octanol–water partition coefficient (Wildman–Crippen LogP) is 5.28. The molecule has 0 aromatic heterocycles. The van der Waals surface area contributed by atoms with Crippen LogP contribution in [0.25, 0.3) is 0 Å². The summed E-state index contributed by atoms with van der Waals surface area (Å²) in [5, 5.41) is 0. The van der Waals surface area contributed by atoms with Crippen LogP contribution >= 0.6 is 0 Å². The van der Waals surface area contributed by atoms with Gasteiger partial charge in [0.2, 0.25) is 0 Å². The Kier molecular flexibility index (Phi) is 91.0. The van der Waals surface area contributed by atoms with Gasteiger partial charge in [0.05, 0.1) is 0 Å². The molecular formula is C15H38O2Sn. The maximum atomic E-state index is 4.47. The van der Waals surface area contributed by atoms with Crippen LogP contribution in [0.2, 0.25) is 0 Å². The zero-order chi connectivity index (χ0) is 14.4. The Labute approximate surface area is 134 Å². The van der Waals surface area contributed by atoms with E-state index in [-0.39, 0.29) is 23.9 Å². The van der Waals surface area contributed by atoms with Crippen LogP contribution in [0, 0.1) is 0 Å². The summed E-state index contributed by atoms with van der Waals surface area (Å²) in [7, 11) is 3.17. The maximum Gasteiger partial charge on any atom is 0.145 e. The molecule has 0 bridgehead atoms. The molecule has 0 heterocycles. The summed E-state index contributed by atoms with van der Waals surface area (Å²) in [5.41, 5.74) is 0. The molecule has 2 nitrogen and oxygen atoms in total. The molecule has 0 saturated carbocycles. The number of rotatable bonds is 5. The molecule has 0 rings (SSSR count). The van der Waals surface area contributed by atoms with Gasteiger partial charge in [-0.3, -0.25) is 0 Å². The van der Waals surface area contributed by atoms with Gasteiger partial charge in [-0.15, -0.1) is 0 Å². The maximum absolute atomic E-state index is 4.47. The Morgan fingerprint density at radius 2 is 0.667 bits per heavy atom. The van der Waals surface area contributed by atoms with Crippen molar-refractivity contribution in [3.63, 3.8) is 0 Å². The molecule has 0 aliphatic heterocycles. The summed E-state index contributed by atoms with van der Waals surface area (Å²) in [6.07, 6.45) is 7.92. The molecule has 0 aromatic carbocycles. The third-order valence-corrected chi connectivity index (χ3v) is 1.74. The van der Waals surface area contributed by atoms with Crippen LogP contribution in [0.4, 0.5) is 0 Å². The molecule has 0 aliphatic carbocycles. The van der Waals surface area contributed by atoms with Crippen LogP contribution in [0.3, 0.4) is 0 Å². The van der Waals surface area contributed by atoms with E-state index >= 15 is 0 Å².